The van der Waals surface area contributed by atoms with E-state index in [1.54, 1.807) is 23.9 Å². The first-order chi connectivity index (χ1) is 7.16. The predicted molar refractivity (Wildman–Crippen MR) is 50.7 cm³/mol. The summed E-state index contributed by atoms with van der Waals surface area (Å²) in [5.74, 6) is -0.915. The van der Waals surface area contributed by atoms with Crippen molar-refractivity contribution in [2.75, 3.05) is 0 Å². The summed E-state index contributed by atoms with van der Waals surface area (Å²) in [6.45, 7) is 0. The molecule has 0 saturated carbocycles. The van der Waals surface area contributed by atoms with Crippen LogP contribution in [0.5, 0.6) is 11.6 Å². The second kappa shape index (κ2) is 3.73. The zero-order valence-corrected chi connectivity index (χ0v) is 8.00. The summed E-state index contributed by atoms with van der Waals surface area (Å²) in [4.78, 5) is 0. The molecule has 1 radical (unpaired) electrons. The lowest BCUT2D eigenvalue weighted by molar-refractivity contribution is 0.410. The molecule has 2 rings (SSSR count). The van der Waals surface area contributed by atoms with Gasteiger partial charge in [-0.1, -0.05) is 0 Å². The van der Waals surface area contributed by atoms with E-state index < -0.39 is 11.6 Å². The van der Waals surface area contributed by atoms with E-state index in [1.165, 1.54) is 6.07 Å². The fraction of sp³-hybridized carbons (Fsp3) is 0.0909. The van der Waals surface area contributed by atoms with E-state index in [0.29, 0.717) is 5.88 Å². The van der Waals surface area contributed by atoms with Crippen LogP contribution in [0.4, 0.5) is 8.78 Å². The third-order valence-corrected chi connectivity index (χ3v) is 1.93. The summed E-state index contributed by atoms with van der Waals surface area (Å²) in [5, 5.41) is 0. The molecule has 2 nitrogen and oxygen atoms in total. The number of ether oxygens (including phenoxy) is 1. The van der Waals surface area contributed by atoms with Gasteiger partial charge in [-0.2, -0.15) is 0 Å². The van der Waals surface area contributed by atoms with Gasteiger partial charge in [0.1, 0.15) is 5.82 Å². The largest absolute Gasteiger partial charge is 0.438 e. The van der Waals surface area contributed by atoms with E-state index in [4.69, 9.17) is 4.74 Å². The van der Waals surface area contributed by atoms with Crippen LogP contribution in [0.15, 0.2) is 30.5 Å². The quantitative estimate of drug-likeness (QED) is 0.740. The normalized spacial score (nSPS) is 10.3. The maximum Gasteiger partial charge on any atom is 0.200 e. The van der Waals surface area contributed by atoms with Gasteiger partial charge in [-0.05, 0) is 12.1 Å². The van der Waals surface area contributed by atoms with Crippen molar-refractivity contribution in [2.24, 2.45) is 7.05 Å². The van der Waals surface area contributed by atoms with Crippen molar-refractivity contribution in [3.05, 3.63) is 48.2 Å². The molecule has 4 heteroatoms. The Morgan fingerprint density at radius 1 is 1.33 bits per heavy atom. The first-order valence-electron chi connectivity index (χ1n) is 4.32. The number of hydrogen-bond acceptors (Lipinski definition) is 1. The van der Waals surface area contributed by atoms with Crippen molar-refractivity contribution < 1.29 is 13.5 Å². The highest BCUT2D eigenvalue weighted by Crippen LogP contribution is 2.24. The van der Waals surface area contributed by atoms with Gasteiger partial charge in [0.25, 0.3) is 0 Å². The molecule has 0 amide bonds. The molecule has 0 spiro atoms. The van der Waals surface area contributed by atoms with Crippen LogP contribution < -0.4 is 4.74 Å². The van der Waals surface area contributed by atoms with E-state index in [9.17, 15) is 8.78 Å². The van der Waals surface area contributed by atoms with Crippen LogP contribution in [0, 0.1) is 17.7 Å². The Morgan fingerprint density at radius 2 is 2.13 bits per heavy atom. The van der Waals surface area contributed by atoms with Crippen molar-refractivity contribution in [3.63, 3.8) is 0 Å². The Bertz CT molecular complexity index is 479. The summed E-state index contributed by atoms with van der Waals surface area (Å²) >= 11 is 0. The van der Waals surface area contributed by atoms with Crippen LogP contribution in [0.1, 0.15) is 0 Å². The van der Waals surface area contributed by atoms with Gasteiger partial charge in [0, 0.05) is 31.4 Å². The molecule has 0 bridgehead atoms. The fourth-order valence-electron chi connectivity index (χ4n) is 1.16. The number of hydrogen-bond donors (Lipinski definition) is 0. The summed E-state index contributed by atoms with van der Waals surface area (Å²) < 4.78 is 32.7. The molecular weight excluding hydrogens is 200 g/mol. The van der Waals surface area contributed by atoms with Gasteiger partial charge in [0.15, 0.2) is 11.6 Å². The van der Waals surface area contributed by atoms with Gasteiger partial charge < -0.3 is 9.30 Å². The highest BCUT2D eigenvalue weighted by atomic mass is 19.1. The lowest BCUT2D eigenvalue weighted by Gasteiger charge is -2.06. The average molecular weight is 208 g/mol. The molecule has 2 aromatic rings. The van der Waals surface area contributed by atoms with Crippen LogP contribution in [0.2, 0.25) is 0 Å². The van der Waals surface area contributed by atoms with Crippen LogP contribution >= 0.6 is 0 Å². The maximum atomic E-state index is 13.2. The average Bonchev–Trinajstić information content (AvgIpc) is 2.57. The zero-order valence-electron chi connectivity index (χ0n) is 8.00. The molecule has 0 unspecified atom stereocenters. The number of nitrogens with zero attached hydrogens (tertiary/aromatic N) is 1. The van der Waals surface area contributed by atoms with E-state index in [1.807, 2.05) is 0 Å². The number of benzene rings is 1. The van der Waals surface area contributed by atoms with Gasteiger partial charge in [0.2, 0.25) is 5.88 Å². The molecule has 0 atom stereocenters. The van der Waals surface area contributed by atoms with Crippen molar-refractivity contribution in [1.29, 1.82) is 0 Å². The number of aromatic nitrogens is 1. The third kappa shape index (κ3) is 1.98. The minimum absolute atomic E-state index is 0.00778. The lowest BCUT2D eigenvalue weighted by Crippen LogP contribution is -1.94. The SMILES string of the molecule is Cn1c[c]cc1Oc1ccc(F)cc1F. The maximum absolute atomic E-state index is 13.2. The Labute approximate surface area is 85.7 Å². The molecule has 15 heavy (non-hydrogen) atoms. The Hall–Kier alpha value is -1.84. The molecule has 0 aliphatic rings. The van der Waals surface area contributed by atoms with Gasteiger partial charge in [-0.25, -0.2) is 8.78 Å². The van der Waals surface area contributed by atoms with E-state index >= 15 is 0 Å². The second-order valence-electron chi connectivity index (χ2n) is 3.07. The van der Waals surface area contributed by atoms with Crippen LogP contribution in [0.3, 0.4) is 0 Å². The van der Waals surface area contributed by atoms with Crippen molar-refractivity contribution in [3.8, 4) is 11.6 Å². The second-order valence-corrected chi connectivity index (χ2v) is 3.07. The molecule has 0 aliphatic carbocycles. The topological polar surface area (TPSA) is 14.2 Å². The molecule has 0 fully saturated rings. The first-order valence-corrected chi connectivity index (χ1v) is 4.32. The Balaban J connectivity index is 2.29. The molecule has 1 aromatic carbocycles. The van der Waals surface area contributed by atoms with Gasteiger partial charge >= 0.3 is 0 Å². The fourth-order valence-corrected chi connectivity index (χ4v) is 1.16. The van der Waals surface area contributed by atoms with E-state index in [0.717, 1.165) is 12.1 Å². The lowest BCUT2D eigenvalue weighted by atomic mass is 10.3. The molecule has 1 aromatic heterocycles. The summed E-state index contributed by atoms with van der Waals surface area (Å²) in [5.41, 5.74) is 0. The van der Waals surface area contributed by atoms with Crippen LogP contribution in [-0.4, -0.2) is 4.57 Å². The minimum atomic E-state index is -0.726. The summed E-state index contributed by atoms with van der Waals surface area (Å²) in [6, 6.07) is 7.53. The minimum Gasteiger partial charge on any atom is -0.438 e. The summed E-state index contributed by atoms with van der Waals surface area (Å²) in [7, 11) is 1.74. The van der Waals surface area contributed by atoms with Crippen molar-refractivity contribution >= 4 is 0 Å². The zero-order chi connectivity index (χ0) is 10.8. The van der Waals surface area contributed by atoms with Gasteiger partial charge in [-0.3, -0.25) is 0 Å². The number of halogens is 2. The van der Waals surface area contributed by atoms with Crippen LogP contribution in [0.25, 0.3) is 0 Å². The molecule has 0 aliphatic heterocycles. The number of rotatable bonds is 2. The molecule has 1 heterocycles. The number of aryl methyl sites for hydroxylation is 1. The van der Waals surface area contributed by atoms with Crippen LogP contribution in [-0.2, 0) is 7.05 Å². The van der Waals surface area contributed by atoms with E-state index in [2.05, 4.69) is 6.07 Å². The van der Waals surface area contributed by atoms with E-state index in [-0.39, 0.29) is 5.75 Å². The standard InChI is InChI=1S/C11H8F2NO/c1-14-6-2-3-11(14)15-10-5-4-8(12)7-9(10)13/h3-7H,1H3. The van der Waals surface area contributed by atoms with Gasteiger partial charge in [-0.15, -0.1) is 0 Å². The first kappa shape index (κ1) is 9.71. The molecule has 77 valence electrons. The molecule has 0 saturated heterocycles. The highest BCUT2D eigenvalue weighted by Gasteiger charge is 2.07. The monoisotopic (exact) mass is 208 g/mol. The molecular formula is C11H8F2NO. The Kier molecular flexibility index (Phi) is 2.41. The molecule has 0 N–H and O–H groups in total. The third-order valence-electron chi connectivity index (χ3n) is 1.93. The predicted octanol–water partition coefficient (Wildman–Crippen LogP) is 2.90. The van der Waals surface area contributed by atoms with Crippen molar-refractivity contribution in [2.45, 2.75) is 0 Å². The highest BCUT2D eigenvalue weighted by molar-refractivity contribution is 5.29. The summed E-state index contributed by atoms with van der Waals surface area (Å²) in [6.07, 6.45) is 1.65. The smallest absolute Gasteiger partial charge is 0.200 e. The van der Waals surface area contributed by atoms with Gasteiger partial charge in [0.05, 0.1) is 0 Å². The van der Waals surface area contributed by atoms with Crippen molar-refractivity contribution in [1.82, 2.24) is 4.57 Å². The Morgan fingerprint density at radius 3 is 2.73 bits per heavy atom.